The first kappa shape index (κ1) is 22.1. The van der Waals surface area contributed by atoms with Gasteiger partial charge in [-0.25, -0.2) is 8.78 Å². The second kappa shape index (κ2) is 8.24. The number of nitrogens with two attached hydrogens (primary N) is 1. The summed E-state index contributed by atoms with van der Waals surface area (Å²) >= 11 is 0. The van der Waals surface area contributed by atoms with E-state index >= 15 is 0 Å². The van der Waals surface area contributed by atoms with E-state index in [1.807, 2.05) is 6.07 Å². The Morgan fingerprint density at radius 1 is 0.848 bits per heavy atom. The van der Waals surface area contributed by atoms with Gasteiger partial charge in [-0.15, -0.1) is 0 Å². The zero-order chi connectivity index (χ0) is 23.2. The summed E-state index contributed by atoms with van der Waals surface area (Å²) in [6.07, 6.45) is 8.20. The molecule has 6 rings (SSSR count). The molecule has 0 aliphatic heterocycles. The van der Waals surface area contributed by atoms with Crippen LogP contribution in [0.5, 0.6) is 0 Å². The average molecular weight is 449 g/mol. The van der Waals surface area contributed by atoms with Crippen LogP contribution in [0.1, 0.15) is 62.5 Å². The first-order valence-corrected chi connectivity index (χ1v) is 12.1. The fourth-order valence-electron chi connectivity index (χ4n) is 7.60. The van der Waals surface area contributed by atoms with Crippen LogP contribution in [0.15, 0.2) is 48.5 Å². The molecule has 2 aromatic rings. The van der Waals surface area contributed by atoms with Gasteiger partial charge in [0.15, 0.2) is 0 Å². The van der Waals surface area contributed by atoms with Crippen molar-refractivity contribution >= 4 is 5.91 Å². The number of hydrogen-bond acceptors (Lipinski definition) is 2. The van der Waals surface area contributed by atoms with E-state index in [4.69, 9.17) is 5.73 Å². The van der Waals surface area contributed by atoms with Crippen molar-refractivity contribution in [2.24, 2.45) is 29.4 Å². The molecule has 2 N–H and O–H groups in total. The van der Waals surface area contributed by atoms with Gasteiger partial charge in [0.1, 0.15) is 11.6 Å². The quantitative estimate of drug-likeness (QED) is 0.647. The Hall–Kier alpha value is -2.74. The standard InChI is InChI=1S/C14H16FNO.C14H14FN/c15-12-4-2-1-3-11(12)14(13(16)17)8-9-5-6-10(14)7-9;15-13-4-2-1-3-12(13)14(9-16)8-10-5-6-11(14)7-10/h1-4,9-10H,5-8H2,(H2,16,17);1-4,10-11H,5-8H2. The second-order valence-corrected chi connectivity index (χ2v) is 10.5. The van der Waals surface area contributed by atoms with Gasteiger partial charge in [-0.1, -0.05) is 49.2 Å². The average Bonchev–Trinajstić information content (AvgIpc) is 3.61. The minimum atomic E-state index is -0.742. The summed E-state index contributed by atoms with van der Waals surface area (Å²) in [5, 5.41) is 9.50. The van der Waals surface area contributed by atoms with Crippen molar-refractivity contribution in [3.63, 3.8) is 0 Å². The van der Waals surface area contributed by atoms with E-state index in [2.05, 4.69) is 6.07 Å². The van der Waals surface area contributed by atoms with Gasteiger partial charge < -0.3 is 5.73 Å². The molecule has 6 atom stereocenters. The van der Waals surface area contributed by atoms with Crippen molar-refractivity contribution in [2.75, 3.05) is 0 Å². The van der Waals surface area contributed by atoms with Crippen LogP contribution in [-0.4, -0.2) is 5.91 Å². The second-order valence-electron chi connectivity index (χ2n) is 10.5. The van der Waals surface area contributed by atoms with E-state index in [9.17, 15) is 18.8 Å². The zero-order valence-corrected chi connectivity index (χ0v) is 18.8. The van der Waals surface area contributed by atoms with Gasteiger partial charge in [0.2, 0.25) is 5.91 Å². The molecule has 6 unspecified atom stereocenters. The van der Waals surface area contributed by atoms with Crippen LogP contribution in [0.25, 0.3) is 0 Å². The number of benzene rings is 2. The van der Waals surface area contributed by atoms with Gasteiger partial charge in [-0.2, -0.15) is 5.26 Å². The molecule has 4 bridgehead atoms. The molecule has 0 heterocycles. The number of hydrogen-bond donors (Lipinski definition) is 1. The molecule has 172 valence electrons. The largest absolute Gasteiger partial charge is 0.369 e. The van der Waals surface area contributed by atoms with Gasteiger partial charge in [0.05, 0.1) is 16.9 Å². The number of amides is 1. The Kier molecular flexibility index (Phi) is 5.51. The summed E-state index contributed by atoms with van der Waals surface area (Å²) in [6.45, 7) is 0. The molecular formula is C28H30F2N2O. The predicted octanol–water partition coefficient (Wildman–Crippen LogP) is 5.78. The SMILES string of the molecule is N#CC1(c2ccccc2F)CC2CCC1C2.NC(=O)C1(c2ccccc2F)CC2CCC1C2. The smallest absolute Gasteiger partial charge is 0.228 e. The number of carbonyl (C=O) groups is 1. The van der Waals surface area contributed by atoms with Crippen LogP contribution >= 0.6 is 0 Å². The molecule has 0 spiro atoms. The lowest BCUT2D eigenvalue weighted by atomic mass is 9.67. The van der Waals surface area contributed by atoms with E-state index in [-0.39, 0.29) is 23.5 Å². The zero-order valence-electron chi connectivity index (χ0n) is 18.8. The maximum Gasteiger partial charge on any atom is 0.228 e. The third kappa shape index (κ3) is 3.38. The lowest BCUT2D eigenvalue weighted by Gasteiger charge is -2.35. The van der Waals surface area contributed by atoms with Crippen molar-refractivity contribution < 1.29 is 13.6 Å². The summed E-state index contributed by atoms with van der Waals surface area (Å²) < 4.78 is 27.8. The van der Waals surface area contributed by atoms with Gasteiger partial charge in [0.25, 0.3) is 0 Å². The van der Waals surface area contributed by atoms with Crippen molar-refractivity contribution in [1.29, 1.82) is 5.26 Å². The molecule has 5 heteroatoms. The number of carbonyl (C=O) groups excluding carboxylic acids is 1. The molecule has 4 fully saturated rings. The molecule has 4 saturated carbocycles. The number of primary amides is 1. The number of nitrogens with zero attached hydrogens (tertiary/aromatic N) is 1. The first-order valence-electron chi connectivity index (χ1n) is 12.1. The van der Waals surface area contributed by atoms with E-state index in [1.54, 1.807) is 30.3 Å². The fourth-order valence-corrected chi connectivity index (χ4v) is 7.60. The van der Waals surface area contributed by atoms with Crippen molar-refractivity contribution in [3.8, 4) is 6.07 Å². The monoisotopic (exact) mass is 448 g/mol. The van der Waals surface area contributed by atoms with Crippen LogP contribution in [-0.2, 0) is 15.6 Å². The van der Waals surface area contributed by atoms with Gasteiger partial charge in [0, 0.05) is 11.1 Å². The summed E-state index contributed by atoms with van der Waals surface area (Å²) in [6, 6.07) is 15.8. The van der Waals surface area contributed by atoms with E-state index < -0.39 is 10.8 Å². The Balaban J connectivity index is 0.000000139. The van der Waals surface area contributed by atoms with Crippen LogP contribution in [0.2, 0.25) is 0 Å². The lowest BCUT2D eigenvalue weighted by molar-refractivity contribution is -0.125. The van der Waals surface area contributed by atoms with Gasteiger partial charge >= 0.3 is 0 Å². The fraction of sp³-hybridized carbons (Fsp3) is 0.500. The molecule has 2 aromatic carbocycles. The number of fused-ring (bicyclic) bond motifs is 4. The summed E-state index contributed by atoms with van der Waals surface area (Å²) in [4.78, 5) is 11.9. The molecular weight excluding hydrogens is 418 g/mol. The summed E-state index contributed by atoms with van der Waals surface area (Å²) in [7, 11) is 0. The molecule has 3 nitrogen and oxygen atoms in total. The Labute approximate surface area is 194 Å². The number of nitriles is 1. The van der Waals surface area contributed by atoms with E-state index in [0.29, 0.717) is 28.9 Å². The van der Waals surface area contributed by atoms with E-state index in [1.165, 1.54) is 18.6 Å². The maximum absolute atomic E-state index is 14.0. The van der Waals surface area contributed by atoms with E-state index in [0.717, 1.165) is 44.9 Å². The molecule has 1 amide bonds. The topological polar surface area (TPSA) is 66.9 Å². The van der Waals surface area contributed by atoms with Gasteiger partial charge in [-0.3, -0.25) is 4.79 Å². The van der Waals surface area contributed by atoms with Crippen LogP contribution in [0.4, 0.5) is 8.78 Å². The summed E-state index contributed by atoms with van der Waals surface area (Å²) in [5.74, 6) is 0.947. The Morgan fingerprint density at radius 3 is 1.82 bits per heavy atom. The van der Waals surface area contributed by atoms with Crippen molar-refractivity contribution in [3.05, 3.63) is 71.3 Å². The highest BCUT2D eigenvalue weighted by Gasteiger charge is 2.56. The highest BCUT2D eigenvalue weighted by molar-refractivity contribution is 5.88. The van der Waals surface area contributed by atoms with Crippen molar-refractivity contribution in [2.45, 2.75) is 62.2 Å². The molecule has 0 aromatic heterocycles. The maximum atomic E-state index is 14.0. The molecule has 4 aliphatic carbocycles. The number of rotatable bonds is 3. The minimum absolute atomic E-state index is 0.211. The number of halogens is 2. The molecule has 0 saturated heterocycles. The minimum Gasteiger partial charge on any atom is -0.369 e. The lowest BCUT2D eigenvalue weighted by Crippen LogP contribution is -2.46. The highest BCUT2D eigenvalue weighted by Crippen LogP contribution is 2.58. The summed E-state index contributed by atoms with van der Waals surface area (Å²) in [5.41, 5.74) is 5.48. The van der Waals surface area contributed by atoms with Crippen molar-refractivity contribution in [1.82, 2.24) is 0 Å². The van der Waals surface area contributed by atoms with Gasteiger partial charge in [-0.05, 0) is 74.3 Å². The normalized spacial score (nSPS) is 35.7. The third-order valence-corrected chi connectivity index (χ3v) is 9.05. The van der Waals surface area contributed by atoms with Crippen LogP contribution in [0.3, 0.4) is 0 Å². The van der Waals surface area contributed by atoms with Crippen LogP contribution in [0, 0.1) is 46.6 Å². The molecule has 4 aliphatic rings. The Morgan fingerprint density at radius 2 is 1.39 bits per heavy atom. The highest BCUT2D eigenvalue weighted by atomic mass is 19.1. The first-order chi connectivity index (χ1) is 15.9. The predicted molar refractivity (Wildman–Crippen MR) is 122 cm³/mol. The Bertz CT molecular complexity index is 1110. The molecule has 33 heavy (non-hydrogen) atoms. The molecule has 0 radical (unpaired) electrons. The van der Waals surface area contributed by atoms with Crippen LogP contribution < -0.4 is 5.73 Å². The third-order valence-electron chi connectivity index (χ3n) is 9.05.